The van der Waals surface area contributed by atoms with E-state index in [1.165, 1.54) is 6.07 Å². The molecule has 30 heavy (non-hydrogen) atoms. The first kappa shape index (κ1) is 16.7. The third-order valence-electron chi connectivity index (χ3n) is 5.68. The van der Waals surface area contributed by atoms with Gasteiger partial charge >= 0.3 is 5.63 Å². The van der Waals surface area contributed by atoms with Crippen molar-refractivity contribution in [2.24, 2.45) is 0 Å². The fraction of sp³-hybridized carbons (Fsp3) is 0.0417. The monoisotopic (exact) mass is 397 g/mol. The fourth-order valence-electron chi connectivity index (χ4n) is 4.34. The first-order valence-electron chi connectivity index (χ1n) is 9.48. The molecule has 146 valence electrons. The summed E-state index contributed by atoms with van der Waals surface area (Å²) in [4.78, 5) is 16.3. The average Bonchev–Trinajstić information content (AvgIpc) is 3.19. The normalized spacial score (nSPS) is 15.0. The molecule has 0 amide bonds. The highest BCUT2D eigenvalue weighted by molar-refractivity contribution is 5.89. The van der Waals surface area contributed by atoms with Crippen LogP contribution in [-0.2, 0) is 0 Å². The number of hydrogen-bond acceptors (Lipinski definition) is 5. The quantitative estimate of drug-likeness (QED) is 0.269. The van der Waals surface area contributed by atoms with Crippen LogP contribution in [0.2, 0.25) is 0 Å². The van der Waals surface area contributed by atoms with Gasteiger partial charge in [0.2, 0.25) is 0 Å². The van der Waals surface area contributed by atoms with Gasteiger partial charge in [-0.3, -0.25) is 0 Å². The van der Waals surface area contributed by atoms with E-state index in [-0.39, 0.29) is 17.1 Å². The highest BCUT2D eigenvalue weighted by atomic mass is 16.5. The molecule has 0 spiro atoms. The van der Waals surface area contributed by atoms with Crippen molar-refractivity contribution in [1.29, 1.82) is 0 Å². The molecule has 0 radical (unpaired) electrons. The van der Waals surface area contributed by atoms with Gasteiger partial charge in [-0.15, -0.1) is 0 Å². The van der Waals surface area contributed by atoms with Crippen LogP contribution in [0.15, 0.2) is 76.1 Å². The van der Waals surface area contributed by atoms with E-state index < -0.39 is 11.5 Å². The summed E-state index contributed by atoms with van der Waals surface area (Å²) in [5, 5.41) is 22.5. The number of aromatic amines is 1. The maximum atomic E-state index is 13.1. The number of fused-ring (bicyclic) bond motifs is 5. The summed E-state index contributed by atoms with van der Waals surface area (Å²) >= 11 is 0. The molecule has 1 unspecified atom stereocenters. The minimum Gasteiger partial charge on any atom is -0.504 e. The van der Waals surface area contributed by atoms with Crippen LogP contribution in [0.3, 0.4) is 0 Å². The maximum Gasteiger partial charge on any atom is 0.344 e. The second-order valence-corrected chi connectivity index (χ2v) is 7.30. The lowest BCUT2D eigenvalue weighted by Gasteiger charge is -2.28. The molecule has 2 aromatic heterocycles. The largest absolute Gasteiger partial charge is 0.504 e. The second-order valence-electron chi connectivity index (χ2n) is 7.30. The Morgan fingerprint density at radius 2 is 1.63 bits per heavy atom. The van der Waals surface area contributed by atoms with Crippen molar-refractivity contribution >= 4 is 21.9 Å². The number of hydrogen-bond donors (Lipinski definition) is 3. The molecule has 6 heteroatoms. The lowest BCUT2D eigenvalue weighted by molar-refractivity contribution is 0.382. The highest BCUT2D eigenvalue weighted by Gasteiger charge is 2.37. The maximum absolute atomic E-state index is 13.1. The van der Waals surface area contributed by atoms with E-state index in [0.717, 1.165) is 16.5 Å². The van der Waals surface area contributed by atoms with Crippen LogP contribution in [0.4, 0.5) is 0 Å². The molecule has 1 atom stereocenters. The van der Waals surface area contributed by atoms with Crippen LogP contribution in [0.5, 0.6) is 23.0 Å². The predicted octanol–water partition coefficient (Wildman–Crippen LogP) is 4.97. The number of aromatic nitrogens is 1. The molecule has 0 bridgehead atoms. The van der Waals surface area contributed by atoms with E-state index in [1.54, 1.807) is 18.2 Å². The number of rotatable bonds is 1. The van der Waals surface area contributed by atoms with Gasteiger partial charge in [-0.1, -0.05) is 30.3 Å². The molecule has 1 aliphatic rings. The zero-order chi connectivity index (χ0) is 20.4. The molecule has 6 nitrogen and oxygen atoms in total. The van der Waals surface area contributed by atoms with Gasteiger partial charge in [-0.05, 0) is 35.9 Å². The molecular formula is C24H15NO5. The third-order valence-corrected chi connectivity index (χ3v) is 5.68. The van der Waals surface area contributed by atoms with Crippen molar-refractivity contribution in [2.75, 3.05) is 0 Å². The zero-order valence-electron chi connectivity index (χ0n) is 15.5. The van der Waals surface area contributed by atoms with Crippen molar-refractivity contribution in [1.82, 2.24) is 4.98 Å². The van der Waals surface area contributed by atoms with Gasteiger partial charge in [-0.25, -0.2) is 4.79 Å². The summed E-state index contributed by atoms with van der Waals surface area (Å²) in [5.74, 6) is -0.511. The molecule has 0 saturated heterocycles. The van der Waals surface area contributed by atoms with E-state index in [0.29, 0.717) is 28.0 Å². The fourth-order valence-corrected chi connectivity index (χ4v) is 4.34. The molecule has 0 aliphatic carbocycles. The first-order chi connectivity index (χ1) is 14.6. The van der Waals surface area contributed by atoms with Crippen LogP contribution in [0.25, 0.3) is 21.9 Å². The third kappa shape index (κ3) is 2.16. The minimum atomic E-state index is -0.687. The van der Waals surface area contributed by atoms with Crippen LogP contribution in [-0.4, -0.2) is 15.2 Å². The minimum absolute atomic E-state index is 0.282. The molecule has 3 N–H and O–H groups in total. The molecular weight excluding hydrogens is 382 g/mol. The Balaban J connectivity index is 1.77. The molecule has 5 aromatic rings. The number of ether oxygens (including phenoxy) is 1. The van der Waals surface area contributed by atoms with E-state index in [9.17, 15) is 15.0 Å². The lowest BCUT2D eigenvalue weighted by Crippen LogP contribution is -2.20. The van der Waals surface area contributed by atoms with Crippen LogP contribution >= 0.6 is 0 Å². The first-order valence-corrected chi connectivity index (χ1v) is 9.48. The summed E-state index contributed by atoms with van der Waals surface area (Å²) in [6.07, 6.45) is 1.81. The standard InChI is InChI=1S/C24H15NO5/c26-16-9-10-18-20(22(16)27)19(14-11-25-15-7-3-1-5-12(14)15)21-23(29-18)13-6-2-4-8-17(13)30-24(21)28/h1-11,19,25-27H. The van der Waals surface area contributed by atoms with Crippen LogP contribution in [0.1, 0.15) is 22.6 Å². The molecule has 3 heterocycles. The summed E-state index contributed by atoms with van der Waals surface area (Å²) in [7, 11) is 0. The number of aromatic hydroxyl groups is 2. The van der Waals surface area contributed by atoms with Crippen molar-refractivity contribution < 1.29 is 19.4 Å². The van der Waals surface area contributed by atoms with E-state index in [1.807, 2.05) is 42.6 Å². The zero-order valence-corrected chi connectivity index (χ0v) is 15.5. The van der Waals surface area contributed by atoms with Gasteiger partial charge in [0.1, 0.15) is 17.1 Å². The Bertz CT molecular complexity index is 1530. The highest BCUT2D eigenvalue weighted by Crippen LogP contribution is 2.54. The van der Waals surface area contributed by atoms with Gasteiger partial charge in [0, 0.05) is 17.1 Å². The van der Waals surface area contributed by atoms with E-state index in [4.69, 9.17) is 9.15 Å². The van der Waals surface area contributed by atoms with E-state index in [2.05, 4.69) is 4.98 Å². The summed E-state index contributed by atoms with van der Waals surface area (Å²) in [6.45, 7) is 0. The van der Waals surface area contributed by atoms with Gasteiger partial charge < -0.3 is 24.4 Å². The molecule has 1 aliphatic heterocycles. The smallest absolute Gasteiger partial charge is 0.344 e. The van der Waals surface area contributed by atoms with Gasteiger partial charge in [0.25, 0.3) is 0 Å². The molecule has 3 aromatic carbocycles. The topological polar surface area (TPSA) is 95.7 Å². The molecule has 6 rings (SSSR count). The Hall–Kier alpha value is -4.19. The van der Waals surface area contributed by atoms with Crippen LogP contribution in [0, 0.1) is 0 Å². The van der Waals surface area contributed by atoms with E-state index >= 15 is 0 Å². The number of benzene rings is 3. The average molecular weight is 397 g/mol. The Labute approximate surface area is 169 Å². The van der Waals surface area contributed by atoms with Crippen molar-refractivity contribution in [3.05, 3.63) is 94.0 Å². The second kappa shape index (κ2) is 5.90. The van der Waals surface area contributed by atoms with Crippen LogP contribution < -0.4 is 10.4 Å². The number of phenolic OH excluding ortho intramolecular Hbond substituents is 2. The predicted molar refractivity (Wildman–Crippen MR) is 112 cm³/mol. The summed E-state index contributed by atoms with van der Waals surface area (Å²) in [6, 6.07) is 17.8. The number of phenols is 2. The van der Waals surface area contributed by atoms with Gasteiger partial charge in [0.15, 0.2) is 11.5 Å². The summed E-state index contributed by atoms with van der Waals surface area (Å²) < 4.78 is 11.7. The number of H-pyrrole nitrogens is 1. The van der Waals surface area contributed by atoms with Crippen molar-refractivity contribution in [3.63, 3.8) is 0 Å². The Morgan fingerprint density at radius 1 is 0.867 bits per heavy atom. The van der Waals surface area contributed by atoms with Crippen molar-refractivity contribution in [3.8, 4) is 23.0 Å². The van der Waals surface area contributed by atoms with Gasteiger partial charge in [0.05, 0.1) is 22.4 Å². The lowest BCUT2D eigenvalue weighted by atomic mass is 9.82. The number of para-hydroxylation sites is 2. The molecule has 0 fully saturated rings. The summed E-state index contributed by atoms with van der Waals surface area (Å²) in [5.41, 5.74) is 2.16. The number of nitrogens with one attached hydrogen (secondary N) is 1. The van der Waals surface area contributed by atoms with Gasteiger partial charge in [-0.2, -0.15) is 0 Å². The molecule has 0 saturated carbocycles. The Kier molecular flexibility index (Phi) is 3.29. The Morgan fingerprint density at radius 3 is 2.50 bits per heavy atom. The van der Waals surface area contributed by atoms with Crippen molar-refractivity contribution in [2.45, 2.75) is 5.92 Å². The SMILES string of the molecule is O=c1oc2ccccc2c2c1C(c1c[nH]c3ccccc13)c1c(ccc(O)c1O)O2.